The number of carbonyl (C=O) groups is 1. The van der Waals surface area contributed by atoms with Crippen LogP contribution >= 0.6 is 0 Å². The Balaban J connectivity index is 1.66. The van der Waals surface area contributed by atoms with E-state index in [1.165, 1.54) is 44.1 Å². The molecule has 3 nitrogen and oxygen atoms in total. The average Bonchev–Trinajstić information content (AvgIpc) is 3.02. The minimum Gasteiger partial charge on any atom is -0.392 e. The third-order valence-electron chi connectivity index (χ3n) is 5.01. The molecule has 0 aromatic heterocycles. The maximum Gasteiger partial charge on any atom is 0.162 e. The number of hydrogen-bond donors (Lipinski definition) is 2. The number of carbonyl (C=O) groups excluding carboxylic acids is 1. The molecule has 1 aromatic carbocycles. The van der Waals surface area contributed by atoms with Crippen molar-refractivity contribution >= 4 is 5.78 Å². The molecular formula is C21H33NO2. The van der Waals surface area contributed by atoms with Crippen LogP contribution in [0.5, 0.6) is 0 Å². The van der Waals surface area contributed by atoms with Gasteiger partial charge in [-0.05, 0) is 31.2 Å². The van der Waals surface area contributed by atoms with E-state index in [-0.39, 0.29) is 17.9 Å². The van der Waals surface area contributed by atoms with Crippen LogP contribution in [0.3, 0.4) is 0 Å². The second-order valence-corrected chi connectivity index (χ2v) is 7.17. The Morgan fingerprint density at radius 2 is 1.83 bits per heavy atom. The van der Waals surface area contributed by atoms with Crippen LogP contribution in [-0.4, -0.2) is 29.6 Å². The van der Waals surface area contributed by atoms with Gasteiger partial charge in [-0.25, -0.2) is 0 Å². The van der Waals surface area contributed by atoms with Crippen LogP contribution < -0.4 is 5.32 Å². The van der Waals surface area contributed by atoms with Gasteiger partial charge in [0.1, 0.15) is 0 Å². The highest BCUT2D eigenvalue weighted by molar-refractivity contribution is 5.96. The zero-order valence-electron chi connectivity index (χ0n) is 15.1. The summed E-state index contributed by atoms with van der Waals surface area (Å²) in [7, 11) is 0. The highest BCUT2D eigenvalue weighted by Gasteiger charge is 2.22. The fraction of sp³-hybridized carbons (Fsp3) is 0.667. The SMILES string of the molecule is CCCCCCCCc1ccc(C(=O)CC[C@@H]2C[C@@H](O)CN2)cc1. The van der Waals surface area contributed by atoms with Crippen molar-refractivity contribution in [1.82, 2.24) is 5.32 Å². The largest absolute Gasteiger partial charge is 0.392 e. The molecule has 2 atom stereocenters. The van der Waals surface area contributed by atoms with Crippen molar-refractivity contribution in [3.05, 3.63) is 35.4 Å². The highest BCUT2D eigenvalue weighted by Crippen LogP contribution is 2.16. The summed E-state index contributed by atoms with van der Waals surface area (Å²) in [6.07, 6.45) is 10.9. The molecule has 2 rings (SSSR count). The first-order valence-corrected chi connectivity index (χ1v) is 9.72. The zero-order chi connectivity index (χ0) is 17.2. The second-order valence-electron chi connectivity index (χ2n) is 7.17. The van der Waals surface area contributed by atoms with Crippen LogP contribution in [0.2, 0.25) is 0 Å². The molecule has 0 spiro atoms. The number of hydrogen-bond acceptors (Lipinski definition) is 3. The first kappa shape index (κ1) is 19.1. The van der Waals surface area contributed by atoms with Crippen LogP contribution in [0, 0.1) is 0 Å². The van der Waals surface area contributed by atoms with Gasteiger partial charge in [0.05, 0.1) is 6.10 Å². The van der Waals surface area contributed by atoms with Crippen LogP contribution in [-0.2, 0) is 6.42 Å². The molecule has 2 N–H and O–H groups in total. The number of Topliss-reactive ketones (excluding diaryl/α,β-unsaturated/α-hetero) is 1. The predicted molar refractivity (Wildman–Crippen MR) is 99.5 cm³/mol. The molecule has 0 aliphatic carbocycles. The Morgan fingerprint density at radius 3 is 2.50 bits per heavy atom. The molecule has 134 valence electrons. The lowest BCUT2D eigenvalue weighted by atomic mass is 9.99. The smallest absolute Gasteiger partial charge is 0.162 e. The normalized spacial score (nSPS) is 20.4. The first-order chi connectivity index (χ1) is 11.7. The maximum atomic E-state index is 12.3. The third kappa shape index (κ3) is 6.74. The Labute approximate surface area is 146 Å². The molecule has 1 fully saturated rings. The molecule has 1 saturated heterocycles. The van der Waals surface area contributed by atoms with E-state index >= 15 is 0 Å². The fourth-order valence-corrected chi connectivity index (χ4v) is 3.43. The van der Waals surface area contributed by atoms with Gasteiger partial charge in [-0.2, -0.15) is 0 Å². The van der Waals surface area contributed by atoms with Crippen molar-refractivity contribution in [1.29, 1.82) is 0 Å². The maximum absolute atomic E-state index is 12.3. The molecule has 1 aliphatic heterocycles. The molecule has 0 unspecified atom stereocenters. The Morgan fingerprint density at radius 1 is 1.12 bits per heavy atom. The van der Waals surface area contributed by atoms with Crippen molar-refractivity contribution in [3.8, 4) is 0 Å². The lowest BCUT2D eigenvalue weighted by Crippen LogP contribution is -2.22. The lowest BCUT2D eigenvalue weighted by Gasteiger charge is -2.09. The summed E-state index contributed by atoms with van der Waals surface area (Å²) in [6.45, 7) is 2.91. The van der Waals surface area contributed by atoms with Crippen molar-refractivity contribution < 1.29 is 9.90 Å². The molecule has 0 bridgehead atoms. The van der Waals surface area contributed by atoms with Crippen LogP contribution in [0.15, 0.2) is 24.3 Å². The summed E-state index contributed by atoms with van der Waals surface area (Å²) in [5.74, 6) is 0.212. The number of aliphatic hydroxyl groups is 1. The zero-order valence-corrected chi connectivity index (χ0v) is 15.1. The average molecular weight is 332 g/mol. The Kier molecular flexibility index (Phi) is 8.48. The number of aliphatic hydroxyl groups excluding tert-OH is 1. The standard InChI is InChI=1S/C21H33NO2/c1-2-3-4-5-6-7-8-17-9-11-18(12-10-17)21(24)14-13-19-15-20(23)16-22-19/h9-12,19-20,22-23H,2-8,13-16H2,1H3/t19-,20-/m1/s1. The van der Waals surface area contributed by atoms with Crippen molar-refractivity contribution in [2.45, 2.75) is 83.3 Å². The van der Waals surface area contributed by atoms with Gasteiger partial charge in [-0.3, -0.25) is 4.79 Å². The van der Waals surface area contributed by atoms with E-state index in [0.29, 0.717) is 13.0 Å². The number of rotatable bonds is 11. The van der Waals surface area contributed by atoms with Gasteiger partial charge < -0.3 is 10.4 Å². The molecule has 0 saturated carbocycles. The topological polar surface area (TPSA) is 49.3 Å². The minimum absolute atomic E-state index is 0.212. The van der Waals surface area contributed by atoms with Gasteiger partial charge in [0.25, 0.3) is 0 Å². The third-order valence-corrected chi connectivity index (χ3v) is 5.01. The monoisotopic (exact) mass is 331 g/mol. The molecular weight excluding hydrogens is 298 g/mol. The summed E-state index contributed by atoms with van der Waals surface area (Å²) in [5.41, 5.74) is 2.16. The van der Waals surface area contributed by atoms with Crippen molar-refractivity contribution in [2.24, 2.45) is 0 Å². The van der Waals surface area contributed by atoms with Gasteiger partial charge >= 0.3 is 0 Å². The van der Waals surface area contributed by atoms with Crippen LogP contribution in [0.25, 0.3) is 0 Å². The van der Waals surface area contributed by atoms with Crippen LogP contribution in [0.4, 0.5) is 0 Å². The van der Waals surface area contributed by atoms with E-state index in [4.69, 9.17) is 0 Å². The van der Waals surface area contributed by atoms with E-state index in [1.54, 1.807) is 0 Å². The molecule has 3 heteroatoms. The van der Waals surface area contributed by atoms with Gasteiger partial charge in [-0.1, -0.05) is 63.3 Å². The first-order valence-electron chi connectivity index (χ1n) is 9.72. The Hall–Kier alpha value is -1.19. The van der Waals surface area contributed by atoms with Crippen molar-refractivity contribution in [3.63, 3.8) is 0 Å². The molecule has 1 aromatic rings. The van der Waals surface area contributed by atoms with Gasteiger partial charge in [-0.15, -0.1) is 0 Å². The van der Waals surface area contributed by atoms with E-state index in [0.717, 1.165) is 24.8 Å². The van der Waals surface area contributed by atoms with Crippen molar-refractivity contribution in [2.75, 3.05) is 6.54 Å². The van der Waals surface area contributed by atoms with E-state index < -0.39 is 0 Å². The van der Waals surface area contributed by atoms with Gasteiger partial charge in [0.2, 0.25) is 0 Å². The Bertz CT molecular complexity index is 483. The molecule has 0 radical (unpaired) electrons. The summed E-state index contributed by atoms with van der Waals surface area (Å²) in [5, 5.41) is 12.8. The van der Waals surface area contributed by atoms with E-state index in [2.05, 4.69) is 24.4 Å². The lowest BCUT2D eigenvalue weighted by molar-refractivity contribution is 0.0975. The number of benzene rings is 1. The second kappa shape index (κ2) is 10.6. The number of β-amino-alcohol motifs (C(OH)–C–C–N with tert-alkyl or cyclic N) is 1. The van der Waals surface area contributed by atoms with Crippen LogP contribution in [0.1, 0.15) is 80.6 Å². The van der Waals surface area contributed by atoms with E-state index in [9.17, 15) is 9.90 Å². The quantitative estimate of drug-likeness (QED) is 0.470. The van der Waals surface area contributed by atoms with E-state index in [1.807, 2.05) is 12.1 Å². The predicted octanol–water partition coefficient (Wildman–Crippen LogP) is 4.28. The minimum atomic E-state index is -0.244. The highest BCUT2D eigenvalue weighted by atomic mass is 16.3. The fourth-order valence-electron chi connectivity index (χ4n) is 3.43. The summed E-state index contributed by atoms with van der Waals surface area (Å²) in [6, 6.07) is 8.46. The summed E-state index contributed by atoms with van der Waals surface area (Å²) >= 11 is 0. The molecule has 1 aliphatic rings. The summed E-state index contributed by atoms with van der Waals surface area (Å²) in [4.78, 5) is 12.3. The molecule has 0 amide bonds. The number of aryl methyl sites for hydroxylation is 1. The number of ketones is 1. The van der Waals surface area contributed by atoms with Gasteiger partial charge in [0, 0.05) is 24.6 Å². The number of nitrogens with one attached hydrogen (secondary N) is 1. The molecule has 1 heterocycles. The number of unbranched alkanes of at least 4 members (excludes halogenated alkanes) is 5. The molecule has 24 heavy (non-hydrogen) atoms. The summed E-state index contributed by atoms with van der Waals surface area (Å²) < 4.78 is 0. The van der Waals surface area contributed by atoms with Gasteiger partial charge in [0.15, 0.2) is 5.78 Å².